The number of pyridine rings is 1. The van der Waals surface area contributed by atoms with Crippen LogP contribution in [0.25, 0.3) is 0 Å². The molecule has 0 radical (unpaired) electrons. The molecule has 1 aromatic heterocycles. The summed E-state index contributed by atoms with van der Waals surface area (Å²) in [6.45, 7) is 5.26. The minimum Gasteiger partial charge on any atom is -0.387 e. The van der Waals surface area contributed by atoms with Crippen molar-refractivity contribution in [2.24, 2.45) is 0 Å². The topological polar surface area (TPSA) is 57.3 Å². The Morgan fingerprint density at radius 2 is 2.21 bits per heavy atom. The van der Waals surface area contributed by atoms with Crippen molar-refractivity contribution in [1.29, 1.82) is 0 Å². The van der Waals surface area contributed by atoms with Crippen LogP contribution in [0.1, 0.15) is 30.1 Å². The molecular formula is C14H22N4O. The Labute approximate surface area is 114 Å². The van der Waals surface area contributed by atoms with Crippen molar-refractivity contribution in [3.8, 4) is 0 Å². The summed E-state index contributed by atoms with van der Waals surface area (Å²) in [5.41, 5.74) is 1.40. The van der Waals surface area contributed by atoms with E-state index in [1.165, 1.54) is 12.8 Å². The Hall–Kier alpha value is -1.62. The van der Waals surface area contributed by atoms with E-state index in [1.54, 1.807) is 25.5 Å². The average Bonchev–Trinajstić information content (AvgIpc) is 2.91. The molecule has 5 nitrogen and oxygen atoms in total. The molecule has 1 aromatic rings. The summed E-state index contributed by atoms with van der Waals surface area (Å²) in [5.74, 6) is -0.0656. The largest absolute Gasteiger partial charge is 0.387 e. The lowest BCUT2D eigenvalue weighted by Gasteiger charge is -2.21. The Bertz CT molecular complexity index is 429. The summed E-state index contributed by atoms with van der Waals surface area (Å²) in [7, 11) is 1.81. The molecule has 1 atom stereocenters. The summed E-state index contributed by atoms with van der Waals surface area (Å²) in [5, 5.41) is 6.05. The third-order valence-corrected chi connectivity index (χ3v) is 3.44. The lowest BCUT2D eigenvalue weighted by atomic mass is 10.2. The number of carbonyl (C=O) groups excluding carboxylic acids is 1. The van der Waals surface area contributed by atoms with Gasteiger partial charge in [0.25, 0.3) is 5.91 Å². The molecule has 104 valence electrons. The Morgan fingerprint density at radius 3 is 2.89 bits per heavy atom. The molecule has 0 bridgehead atoms. The van der Waals surface area contributed by atoms with Gasteiger partial charge in [-0.05, 0) is 38.9 Å². The second kappa shape index (κ2) is 6.52. The maximum absolute atomic E-state index is 12.2. The monoisotopic (exact) mass is 262 g/mol. The molecule has 1 amide bonds. The molecule has 1 unspecified atom stereocenters. The van der Waals surface area contributed by atoms with Crippen LogP contribution in [0, 0.1) is 0 Å². The minimum atomic E-state index is -0.0656. The number of hydrogen-bond donors (Lipinski definition) is 2. The van der Waals surface area contributed by atoms with Crippen molar-refractivity contribution in [1.82, 2.24) is 15.2 Å². The molecule has 19 heavy (non-hydrogen) atoms. The van der Waals surface area contributed by atoms with Gasteiger partial charge in [0, 0.05) is 37.7 Å². The molecule has 0 saturated carbocycles. The average molecular weight is 262 g/mol. The lowest BCUT2D eigenvalue weighted by molar-refractivity contribution is 0.0932. The van der Waals surface area contributed by atoms with Crippen LogP contribution in [0.2, 0.25) is 0 Å². The number of hydrogen-bond acceptors (Lipinski definition) is 4. The van der Waals surface area contributed by atoms with Crippen LogP contribution < -0.4 is 10.6 Å². The van der Waals surface area contributed by atoms with Crippen LogP contribution in [-0.2, 0) is 0 Å². The van der Waals surface area contributed by atoms with Gasteiger partial charge in [0.05, 0.1) is 5.56 Å². The van der Waals surface area contributed by atoms with Gasteiger partial charge >= 0.3 is 0 Å². The molecule has 1 aliphatic rings. The predicted molar refractivity (Wildman–Crippen MR) is 76.4 cm³/mol. The Kier molecular flexibility index (Phi) is 4.74. The fourth-order valence-corrected chi connectivity index (χ4v) is 2.49. The van der Waals surface area contributed by atoms with E-state index in [0.29, 0.717) is 5.56 Å². The van der Waals surface area contributed by atoms with E-state index in [-0.39, 0.29) is 11.9 Å². The molecule has 5 heteroatoms. The van der Waals surface area contributed by atoms with Crippen LogP contribution in [0.15, 0.2) is 18.5 Å². The maximum Gasteiger partial charge on any atom is 0.255 e. The third-order valence-electron chi connectivity index (χ3n) is 3.44. The standard InChI is InChI=1S/C14H22N4O/c1-11(10-18-7-3-4-8-18)17-14(19)12-9-16-6-5-13(12)15-2/h5-6,9,11H,3-4,7-8,10H2,1-2H3,(H,15,16)(H,17,19). The Balaban J connectivity index is 1.92. The van der Waals surface area contributed by atoms with Crippen LogP contribution in [0.4, 0.5) is 5.69 Å². The van der Waals surface area contributed by atoms with Gasteiger partial charge in [-0.15, -0.1) is 0 Å². The van der Waals surface area contributed by atoms with E-state index in [9.17, 15) is 4.79 Å². The van der Waals surface area contributed by atoms with E-state index in [2.05, 4.69) is 20.5 Å². The van der Waals surface area contributed by atoms with Crippen molar-refractivity contribution in [2.45, 2.75) is 25.8 Å². The quantitative estimate of drug-likeness (QED) is 0.840. The van der Waals surface area contributed by atoms with Gasteiger partial charge in [-0.3, -0.25) is 9.78 Å². The number of amides is 1. The number of nitrogens with one attached hydrogen (secondary N) is 2. The van der Waals surface area contributed by atoms with E-state index >= 15 is 0 Å². The SMILES string of the molecule is CNc1ccncc1C(=O)NC(C)CN1CCCC1. The van der Waals surface area contributed by atoms with Gasteiger partial charge in [-0.2, -0.15) is 0 Å². The number of rotatable bonds is 5. The highest BCUT2D eigenvalue weighted by atomic mass is 16.1. The molecule has 2 N–H and O–H groups in total. The van der Waals surface area contributed by atoms with Gasteiger partial charge in [0.15, 0.2) is 0 Å². The van der Waals surface area contributed by atoms with Gasteiger partial charge in [-0.1, -0.05) is 0 Å². The highest BCUT2D eigenvalue weighted by Crippen LogP contribution is 2.13. The number of anilines is 1. The molecule has 0 aromatic carbocycles. The van der Waals surface area contributed by atoms with Gasteiger partial charge < -0.3 is 15.5 Å². The normalized spacial score (nSPS) is 17.2. The van der Waals surface area contributed by atoms with E-state index < -0.39 is 0 Å². The number of nitrogens with zero attached hydrogens (tertiary/aromatic N) is 2. The summed E-state index contributed by atoms with van der Waals surface area (Å²) in [6.07, 6.45) is 5.82. The van der Waals surface area contributed by atoms with Crippen LogP contribution >= 0.6 is 0 Å². The summed E-state index contributed by atoms with van der Waals surface area (Å²) in [6, 6.07) is 1.95. The summed E-state index contributed by atoms with van der Waals surface area (Å²) >= 11 is 0. The molecular weight excluding hydrogens is 240 g/mol. The fraction of sp³-hybridized carbons (Fsp3) is 0.571. The highest BCUT2D eigenvalue weighted by Gasteiger charge is 2.17. The maximum atomic E-state index is 12.2. The molecule has 1 fully saturated rings. The molecule has 0 spiro atoms. The van der Waals surface area contributed by atoms with Gasteiger partial charge in [0.1, 0.15) is 0 Å². The predicted octanol–water partition coefficient (Wildman–Crippen LogP) is 1.34. The fourth-order valence-electron chi connectivity index (χ4n) is 2.49. The number of likely N-dealkylation sites (tertiary alicyclic amines) is 1. The van der Waals surface area contributed by atoms with Crippen LogP contribution in [0.3, 0.4) is 0 Å². The zero-order valence-corrected chi connectivity index (χ0v) is 11.6. The first kappa shape index (κ1) is 13.8. The van der Waals surface area contributed by atoms with Gasteiger partial charge in [-0.25, -0.2) is 0 Å². The third kappa shape index (κ3) is 3.67. The van der Waals surface area contributed by atoms with Crippen molar-refractivity contribution in [3.05, 3.63) is 24.0 Å². The lowest BCUT2D eigenvalue weighted by Crippen LogP contribution is -2.41. The van der Waals surface area contributed by atoms with Crippen molar-refractivity contribution in [3.63, 3.8) is 0 Å². The summed E-state index contributed by atoms with van der Waals surface area (Å²) in [4.78, 5) is 18.6. The van der Waals surface area contributed by atoms with E-state index in [0.717, 1.165) is 25.3 Å². The second-order valence-corrected chi connectivity index (χ2v) is 5.05. The zero-order valence-electron chi connectivity index (χ0n) is 11.6. The van der Waals surface area contributed by atoms with Crippen molar-refractivity contribution < 1.29 is 4.79 Å². The first-order chi connectivity index (χ1) is 9.20. The minimum absolute atomic E-state index is 0.0656. The number of aromatic nitrogens is 1. The van der Waals surface area contributed by atoms with E-state index in [1.807, 2.05) is 6.92 Å². The highest BCUT2D eigenvalue weighted by molar-refractivity contribution is 5.99. The van der Waals surface area contributed by atoms with Crippen molar-refractivity contribution in [2.75, 3.05) is 32.0 Å². The smallest absolute Gasteiger partial charge is 0.255 e. The van der Waals surface area contributed by atoms with Gasteiger partial charge in [0.2, 0.25) is 0 Å². The van der Waals surface area contributed by atoms with Crippen LogP contribution in [0.5, 0.6) is 0 Å². The Morgan fingerprint density at radius 1 is 1.47 bits per heavy atom. The van der Waals surface area contributed by atoms with E-state index in [4.69, 9.17) is 0 Å². The number of carbonyl (C=O) groups is 1. The van der Waals surface area contributed by atoms with Crippen molar-refractivity contribution >= 4 is 11.6 Å². The first-order valence-electron chi connectivity index (χ1n) is 6.85. The van der Waals surface area contributed by atoms with Crippen LogP contribution in [-0.4, -0.2) is 48.5 Å². The summed E-state index contributed by atoms with van der Waals surface area (Å²) < 4.78 is 0. The first-order valence-corrected chi connectivity index (χ1v) is 6.85. The molecule has 2 heterocycles. The molecule has 1 saturated heterocycles. The molecule has 2 rings (SSSR count). The molecule has 1 aliphatic heterocycles. The zero-order chi connectivity index (χ0) is 13.7. The molecule has 0 aliphatic carbocycles. The second-order valence-electron chi connectivity index (χ2n) is 5.05.